The van der Waals surface area contributed by atoms with Crippen molar-refractivity contribution in [2.24, 2.45) is 11.7 Å². The largest absolute Gasteiger partial charge is 0.463 e. The summed E-state index contributed by atoms with van der Waals surface area (Å²) < 4.78 is 10.5. The van der Waals surface area contributed by atoms with Crippen LogP contribution in [0.2, 0.25) is 10.3 Å². The molecule has 1 aromatic heterocycles. The number of halogens is 2. The predicted molar refractivity (Wildman–Crippen MR) is 74.0 cm³/mol. The lowest BCUT2D eigenvalue weighted by molar-refractivity contribution is 0.0618. The number of carbonyl (C=O) groups excluding carboxylic acids is 1. The second-order valence-electron chi connectivity index (χ2n) is 4.69. The van der Waals surface area contributed by atoms with E-state index in [-0.39, 0.29) is 22.4 Å². The number of primary amides is 1. The minimum Gasteiger partial charge on any atom is -0.463 e. The lowest BCUT2D eigenvalue weighted by atomic mass is 9.88. The van der Waals surface area contributed by atoms with Gasteiger partial charge in [0.15, 0.2) is 0 Å². The summed E-state index contributed by atoms with van der Waals surface area (Å²) in [4.78, 5) is 18.5. The van der Waals surface area contributed by atoms with Crippen LogP contribution in [0.4, 0.5) is 4.79 Å². The molecule has 2 rings (SSSR count). The molecule has 0 unspecified atom stereocenters. The first kappa shape index (κ1) is 15.1. The van der Waals surface area contributed by atoms with Gasteiger partial charge in [0, 0.05) is 6.07 Å². The minimum absolute atomic E-state index is 0.0828. The molecule has 1 aliphatic rings. The first-order chi connectivity index (χ1) is 9.52. The van der Waals surface area contributed by atoms with Crippen molar-refractivity contribution in [1.82, 2.24) is 9.97 Å². The van der Waals surface area contributed by atoms with Crippen molar-refractivity contribution in [2.45, 2.75) is 31.8 Å². The van der Waals surface area contributed by atoms with E-state index < -0.39 is 6.09 Å². The van der Waals surface area contributed by atoms with Gasteiger partial charge in [-0.2, -0.15) is 9.97 Å². The molecule has 0 spiro atoms. The quantitative estimate of drug-likeness (QED) is 0.862. The van der Waals surface area contributed by atoms with Gasteiger partial charge in [0.1, 0.15) is 16.4 Å². The van der Waals surface area contributed by atoms with Gasteiger partial charge < -0.3 is 15.2 Å². The zero-order chi connectivity index (χ0) is 14.5. The summed E-state index contributed by atoms with van der Waals surface area (Å²) in [6, 6.07) is 1.63. The fourth-order valence-electron chi connectivity index (χ4n) is 2.21. The molecule has 0 saturated heterocycles. The van der Waals surface area contributed by atoms with E-state index in [1.165, 1.54) is 6.07 Å². The molecular formula is C12H15Cl2N3O3. The smallest absolute Gasteiger partial charge is 0.404 e. The topological polar surface area (TPSA) is 87.3 Å². The van der Waals surface area contributed by atoms with Crippen molar-refractivity contribution in [3.63, 3.8) is 0 Å². The third kappa shape index (κ3) is 4.68. The summed E-state index contributed by atoms with van der Waals surface area (Å²) in [7, 11) is 0. The fourth-order valence-corrected chi connectivity index (χ4v) is 2.62. The fraction of sp³-hybridized carbons (Fsp3) is 0.583. The molecule has 0 aromatic carbocycles. The molecule has 0 aliphatic heterocycles. The van der Waals surface area contributed by atoms with Crippen molar-refractivity contribution in [3.8, 4) is 6.01 Å². The molecule has 110 valence electrons. The van der Waals surface area contributed by atoms with E-state index in [4.69, 9.17) is 38.4 Å². The number of ether oxygens (including phenoxy) is 2. The Hall–Kier alpha value is -1.27. The van der Waals surface area contributed by atoms with Gasteiger partial charge in [-0.15, -0.1) is 0 Å². The van der Waals surface area contributed by atoms with Gasteiger partial charge in [-0.1, -0.05) is 23.2 Å². The highest BCUT2D eigenvalue weighted by Crippen LogP contribution is 2.27. The summed E-state index contributed by atoms with van der Waals surface area (Å²) >= 11 is 11.5. The lowest BCUT2D eigenvalue weighted by Crippen LogP contribution is -2.29. The Balaban J connectivity index is 1.77. The van der Waals surface area contributed by atoms with E-state index in [0.29, 0.717) is 12.5 Å². The summed E-state index contributed by atoms with van der Waals surface area (Å²) in [5, 5.41) is 0.497. The van der Waals surface area contributed by atoms with Crippen LogP contribution >= 0.6 is 23.2 Å². The number of nitrogens with zero attached hydrogens (tertiary/aromatic N) is 2. The molecule has 8 heteroatoms. The predicted octanol–water partition coefficient (Wildman–Crippen LogP) is 2.82. The maximum atomic E-state index is 10.7. The van der Waals surface area contributed by atoms with E-state index >= 15 is 0 Å². The van der Waals surface area contributed by atoms with Gasteiger partial charge in [0.05, 0.1) is 6.61 Å². The Bertz CT molecular complexity index is 459. The molecule has 1 fully saturated rings. The first-order valence-electron chi connectivity index (χ1n) is 6.32. The molecule has 0 bridgehead atoms. The summed E-state index contributed by atoms with van der Waals surface area (Å²) in [5.74, 6) is 0.365. The molecule has 1 amide bonds. The maximum Gasteiger partial charge on any atom is 0.404 e. The number of amides is 1. The van der Waals surface area contributed by atoms with Crippen LogP contribution in [0.15, 0.2) is 6.07 Å². The lowest BCUT2D eigenvalue weighted by Gasteiger charge is -2.27. The van der Waals surface area contributed by atoms with E-state index in [2.05, 4.69) is 9.97 Å². The third-order valence-electron chi connectivity index (χ3n) is 3.17. The van der Waals surface area contributed by atoms with Gasteiger partial charge in [-0.05, 0) is 31.6 Å². The van der Waals surface area contributed by atoms with Gasteiger partial charge in [-0.25, -0.2) is 4.79 Å². The minimum atomic E-state index is -0.716. The number of rotatable bonds is 4. The molecule has 0 radical (unpaired) electrons. The van der Waals surface area contributed by atoms with Crippen LogP contribution in [-0.2, 0) is 4.74 Å². The second-order valence-corrected chi connectivity index (χ2v) is 5.46. The van der Waals surface area contributed by atoms with Crippen molar-refractivity contribution < 1.29 is 14.3 Å². The van der Waals surface area contributed by atoms with Gasteiger partial charge >= 0.3 is 12.1 Å². The molecule has 20 heavy (non-hydrogen) atoms. The molecule has 1 aromatic rings. The summed E-state index contributed by atoms with van der Waals surface area (Å²) in [6.45, 7) is 0.486. The number of aromatic nitrogens is 2. The number of hydrogen-bond acceptors (Lipinski definition) is 5. The zero-order valence-corrected chi connectivity index (χ0v) is 12.2. The molecular weight excluding hydrogens is 305 g/mol. The number of hydrogen-bond donors (Lipinski definition) is 1. The molecule has 1 saturated carbocycles. The Kier molecular flexibility index (Phi) is 5.25. The van der Waals surface area contributed by atoms with E-state index in [1.54, 1.807) is 0 Å². The average Bonchev–Trinajstić information content (AvgIpc) is 2.36. The van der Waals surface area contributed by atoms with Crippen LogP contribution in [0.1, 0.15) is 25.7 Å². The normalized spacial score (nSPS) is 22.3. The molecule has 1 heterocycles. The molecule has 6 nitrogen and oxygen atoms in total. The van der Waals surface area contributed by atoms with Crippen LogP contribution in [0.5, 0.6) is 6.01 Å². The molecule has 2 N–H and O–H groups in total. The van der Waals surface area contributed by atoms with Crippen LogP contribution in [0, 0.1) is 5.92 Å². The molecule has 0 atom stereocenters. The standard InChI is InChI=1S/C12H15Cl2N3O3/c13-9-5-10(14)17-12(16-9)19-6-7-1-3-8(4-2-7)20-11(15)18/h5,7-8H,1-4,6H2,(H2,15,18). The van der Waals surface area contributed by atoms with Gasteiger partial charge in [0.2, 0.25) is 0 Å². The van der Waals surface area contributed by atoms with E-state index in [9.17, 15) is 4.79 Å². The Morgan fingerprint density at radius 3 is 2.40 bits per heavy atom. The van der Waals surface area contributed by atoms with E-state index in [0.717, 1.165) is 25.7 Å². The van der Waals surface area contributed by atoms with Gasteiger partial charge in [-0.3, -0.25) is 0 Å². The first-order valence-corrected chi connectivity index (χ1v) is 7.07. The number of nitrogens with two attached hydrogens (primary N) is 1. The summed E-state index contributed by atoms with van der Waals surface area (Å²) in [6.07, 6.45) is 2.56. The van der Waals surface area contributed by atoms with Crippen molar-refractivity contribution in [1.29, 1.82) is 0 Å². The monoisotopic (exact) mass is 319 g/mol. The van der Waals surface area contributed by atoms with Crippen molar-refractivity contribution in [3.05, 3.63) is 16.4 Å². The Morgan fingerprint density at radius 2 is 1.85 bits per heavy atom. The highest BCUT2D eigenvalue weighted by molar-refractivity contribution is 6.33. The Labute approximate surface area is 126 Å². The highest BCUT2D eigenvalue weighted by Gasteiger charge is 2.24. The van der Waals surface area contributed by atoms with Crippen LogP contribution in [0.25, 0.3) is 0 Å². The maximum absolute atomic E-state index is 10.7. The van der Waals surface area contributed by atoms with Gasteiger partial charge in [0.25, 0.3) is 0 Å². The number of carbonyl (C=O) groups is 1. The SMILES string of the molecule is NC(=O)OC1CCC(COc2nc(Cl)cc(Cl)n2)CC1. The van der Waals surface area contributed by atoms with Crippen molar-refractivity contribution >= 4 is 29.3 Å². The second kappa shape index (κ2) is 6.95. The van der Waals surface area contributed by atoms with Crippen molar-refractivity contribution in [2.75, 3.05) is 6.61 Å². The third-order valence-corrected chi connectivity index (χ3v) is 3.56. The Morgan fingerprint density at radius 1 is 1.25 bits per heavy atom. The van der Waals surface area contributed by atoms with E-state index in [1.807, 2.05) is 0 Å². The van der Waals surface area contributed by atoms with Crippen LogP contribution in [-0.4, -0.2) is 28.8 Å². The highest BCUT2D eigenvalue weighted by atomic mass is 35.5. The average molecular weight is 320 g/mol. The van der Waals surface area contributed by atoms with Crippen LogP contribution in [0.3, 0.4) is 0 Å². The molecule has 1 aliphatic carbocycles. The summed E-state index contributed by atoms with van der Waals surface area (Å²) in [5.41, 5.74) is 4.99. The van der Waals surface area contributed by atoms with Crippen LogP contribution < -0.4 is 10.5 Å². The zero-order valence-electron chi connectivity index (χ0n) is 10.7.